The number of hydrogen-bond donors (Lipinski definition) is 2. The first-order valence-electron chi connectivity index (χ1n) is 11.2. The molecule has 2 heterocycles. The smallest absolute Gasteiger partial charge is 0.183 e. The number of aryl methyl sites for hydroxylation is 2. The number of aromatic amines is 1. The van der Waals surface area contributed by atoms with Gasteiger partial charge >= 0.3 is 0 Å². The zero-order valence-corrected chi connectivity index (χ0v) is 22.0. The summed E-state index contributed by atoms with van der Waals surface area (Å²) in [6.45, 7) is 9.33. The van der Waals surface area contributed by atoms with Crippen LogP contribution < -0.4 is 10.5 Å². The lowest BCUT2D eigenvalue weighted by atomic mass is 9.90. The van der Waals surface area contributed by atoms with E-state index in [9.17, 15) is 0 Å². The van der Waals surface area contributed by atoms with Gasteiger partial charge in [-0.15, -0.1) is 29.9 Å². The fraction of sp³-hybridized carbons (Fsp3) is 0.308. The summed E-state index contributed by atoms with van der Waals surface area (Å²) >= 11 is 0. The molecule has 9 heteroatoms. The Bertz CT molecular complexity index is 1230. The molecular formula is C26H32Cl2N6O. The number of rotatable bonds is 8. The van der Waals surface area contributed by atoms with Crippen molar-refractivity contribution in [2.75, 3.05) is 0 Å². The molecule has 35 heavy (non-hydrogen) atoms. The minimum absolute atomic E-state index is 0. The number of benzene rings is 2. The molecule has 0 amide bonds. The number of nitrogens with zero attached hydrogens (tertiary/aromatic N) is 4. The van der Waals surface area contributed by atoms with Gasteiger partial charge in [0.05, 0.1) is 5.56 Å². The van der Waals surface area contributed by atoms with Crippen molar-refractivity contribution in [1.82, 2.24) is 25.6 Å². The van der Waals surface area contributed by atoms with Crippen LogP contribution in [0.2, 0.25) is 0 Å². The fourth-order valence-corrected chi connectivity index (χ4v) is 4.08. The van der Waals surface area contributed by atoms with Crippen LogP contribution >= 0.6 is 24.8 Å². The molecule has 0 radical (unpaired) electrons. The SMILES string of the molecule is Cc1ccc(-c2c(COc3ccccc3-c3nnn[nH]3)c(C)nc(CC(C)C)c2CN)cc1.Cl.Cl. The molecule has 0 aliphatic carbocycles. The van der Waals surface area contributed by atoms with Crippen LogP contribution in [0.5, 0.6) is 5.75 Å². The number of para-hydroxylation sites is 1. The van der Waals surface area contributed by atoms with E-state index in [0.717, 1.165) is 45.6 Å². The number of halogens is 2. The van der Waals surface area contributed by atoms with Crippen LogP contribution in [0.25, 0.3) is 22.5 Å². The molecule has 3 N–H and O–H groups in total. The van der Waals surface area contributed by atoms with Crippen molar-refractivity contribution in [3.63, 3.8) is 0 Å². The number of tetrazole rings is 1. The minimum atomic E-state index is 0. The van der Waals surface area contributed by atoms with Crippen molar-refractivity contribution in [3.05, 3.63) is 76.6 Å². The molecule has 0 atom stereocenters. The van der Waals surface area contributed by atoms with Gasteiger partial charge in [-0.1, -0.05) is 55.8 Å². The largest absolute Gasteiger partial charge is 0.488 e. The van der Waals surface area contributed by atoms with E-state index in [1.165, 1.54) is 5.56 Å². The zero-order valence-electron chi connectivity index (χ0n) is 20.4. The molecule has 7 nitrogen and oxygen atoms in total. The monoisotopic (exact) mass is 514 g/mol. The summed E-state index contributed by atoms with van der Waals surface area (Å²) < 4.78 is 6.34. The second-order valence-electron chi connectivity index (χ2n) is 8.68. The Hall–Kier alpha value is -3.00. The van der Waals surface area contributed by atoms with Gasteiger partial charge in [0.15, 0.2) is 5.82 Å². The first-order valence-corrected chi connectivity index (χ1v) is 11.2. The lowest BCUT2D eigenvalue weighted by Gasteiger charge is -2.21. The van der Waals surface area contributed by atoms with Gasteiger partial charge in [-0.05, 0) is 65.4 Å². The van der Waals surface area contributed by atoms with E-state index in [0.29, 0.717) is 30.6 Å². The molecule has 0 aliphatic rings. The summed E-state index contributed by atoms with van der Waals surface area (Å²) in [5, 5.41) is 14.2. The van der Waals surface area contributed by atoms with Gasteiger partial charge in [0, 0.05) is 23.5 Å². The van der Waals surface area contributed by atoms with Crippen molar-refractivity contribution in [1.29, 1.82) is 0 Å². The van der Waals surface area contributed by atoms with Crippen LogP contribution in [0.15, 0.2) is 48.5 Å². The number of pyridine rings is 1. The lowest BCUT2D eigenvalue weighted by molar-refractivity contribution is 0.306. The van der Waals surface area contributed by atoms with E-state index in [2.05, 4.69) is 65.7 Å². The molecule has 0 saturated heterocycles. The molecule has 0 fully saturated rings. The lowest BCUT2D eigenvalue weighted by Crippen LogP contribution is -2.14. The molecule has 2 aromatic heterocycles. The normalized spacial score (nSPS) is 10.6. The molecule has 4 rings (SSSR count). The van der Waals surface area contributed by atoms with E-state index < -0.39 is 0 Å². The van der Waals surface area contributed by atoms with Crippen LogP contribution in [0.3, 0.4) is 0 Å². The highest BCUT2D eigenvalue weighted by atomic mass is 35.5. The average Bonchev–Trinajstić information content (AvgIpc) is 3.33. The Morgan fingerprint density at radius 2 is 1.69 bits per heavy atom. The van der Waals surface area contributed by atoms with Crippen LogP contribution in [0.1, 0.15) is 41.9 Å². The maximum Gasteiger partial charge on any atom is 0.183 e. The van der Waals surface area contributed by atoms with Crippen LogP contribution in [-0.2, 0) is 19.6 Å². The number of aromatic nitrogens is 5. The Balaban J connectivity index is 0.00000216. The summed E-state index contributed by atoms with van der Waals surface area (Å²) in [7, 11) is 0. The first-order chi connectivity index (χ1) is 16.0. The Labute approximate surface area is 218 Å². The molecule has 4 aromatic rings. The maximum absolute atomic E-state index is 6.34. The van der Waals surface area contributed by atoms with E-state index in [1.807, 2.05) is 31.2 Å². The molecule has 0 bridgehead atoms. The van der Waals surface area contributed by atoms with E-state index in [4.69, 9.17) is 15.5 Å². The summed E-state index contributed by atoms with van der Waals surface area (Å²) in [4.78, 5) is 4.97. The third-order valence-corrected chi connectivity index (χ3v) is 5.70. The maximum atomic E-state index is 6.34. The average molecular weight is 515 g/mol. The van der Waals surface area contributed by atoms with Crippen molar-refractivity contribution < 1.29 is 4.74 Å². The standard InChI is InChI=1S/C26H30N6O.2ClH/c1-16(2)13-23-21(14-27)25(19-11-9-17(3)10-12-19)22(18(4)28-23)15-33-24-8-6-5-7-20(24)26-29-31-32-30-26;;/h5-12,16H,13-15,27H2,1-4H3,(H,29,30,31,32);2*1H. The van der Waals surface area contributed by atoms with E-state index >= 15 is 0 Å². The Morgan fingerprint density at radius 1 is 0.971 bits per heavy atom. The predicted octanol–water partition coefficient (Wildman–Crippen LogP) is 5.63. The van der Waals surface area contributed by atoms with Gasteiger partial charge in [0.2, 0.25) is 0 Å². The minimum Gasteiger partial charge on any atom is -0.488 e. The van der Waals surface area contributed by atoms with E-state index in [1.54, 1.807) is 0 Å². The van der Waals surface area contributed by atoms with Crippen molar-refractivity contribution in [3.8, 4) is 28.3 Å². The second-order valence-corrected chi connectivity index (χ2v) is 8.68. The molecule has 186 valence electrons. The fourth-order valence-electron chi connectivity index (χ4n) is 4.08. The molecule has 0 saturated carbocycles. The Kier molecular flexibility index (Phi) is 10.2. The van der Waals surface area contributed by atoms with Gasteiger partial charge in [0.25, 0.3) is 0 Å². The number of hydrogen-bond acceptors (Lipinski definition) is 6. The van der Waals surface area contributed by atoms with E-state index in [-0.39, 0.29) is 24.8 Å². The van der Waals surface area contributed by atoms with Gasteiger partial charge in [-0.25, -0.2) is 5.10 Å². The predicted molar refractivity (Wildman–Crippen MR) is 144 cm³/mol. The van der Waals surface area contributed by atoms with Gasteiger partial charge in [-0.3, -0.25) is 4.98 Å². The third kappa shape index (κ3) is 6.36. The van der Waals surface area contributed by atoms with Crippen LogP contribution in [0, 0.1) is 19.8 Å². The summed E-state index contributed by atoms with van der Waals surface area (Å²) in [6, 6.07) is 16.3. The zero-order chi connectivity index (χ0) is 23.4. The quantitative estimate of drug-likeness (QED) is 0.316. The first kappa shape index (κ1) is 28.2. The van der Waals surface area contributed by atoms with Crippen molar-refractivity contribution in [2.24, 2.45) is 11.7 Å². The second kappa shape index (κ2) is 12.6. The molecule has 0 spiro atoms. The summed E-state index contributed by atoms with van der Waals surface area (Å²) in [6.07, 6.45) is 0.884. The Morgan fingerprint density at radius 3 is 2.31 bits per heavy atom. The van der Waals surface area contributed by atoms with Gasteiger partial charge in [0.1, 0.15) is 12.4 Å². The highest BCUT2D eigenvalue weighted by Crippen LogP contribution is 2.34. The highest BCUT2D eigenvalue weighted by Gasteiger charge is 2.20. The molecule has 0 unspecified atom stereocenters. The van der Waals surface area contributed by atoms with Crippen molar-refractivity contribution >= 4 is 24.8 Å². The van der Waals surface area contributed by atoms with Gasteiger partial charge < -0.3 is 10.5 Å². The number of nitrogens with one attached hydrogen (secondary N) is 1. The molecule has 2 aromatic carbocycles. The highest BCUT2D eigenvalue weighted by molar-refractivity contribution is 5.85. The van der Waals surface area contributed by atoms with Crippen molar-refractivity contribution in [2.45, 2.75) is 47.3 Å². The summed E-state index contributed by atoms with van der Waals surface area (Å²) in [5.74, 6) is 1.75. The number of nitrogens with two attached hydrogens (primary N) is 1. The third-order valence-electron chi connectivity index (χ3n) is 5.70. The summed E-state index contributed by atoms with van der Waals surface area (Å²) in [5.41, 5.74) is 14.7. The number of ether oxygens (including phenoxy) is 1. The van der Waals surface area contributed by atoms with Crippen LogP contribution in [0.4, 0.5) is 0 Å². The topological polar surface area (TPSA) is 103 Å². The van der Waals surface area contributed by atoms with Gasteiger partial charge in [-0.2, -0.15) is 0 Å². The molecular weight excluding hydrogens is 483 g/mol. The number of H-pyrrole nitrogens is 1. The van der Waals surface area contributed by atoms with Crippen LogP contribution in [-0.4, -0.2) is 25.6 Å². The molecule has 0 aliphatic heterocycles.